The highest BCUT2D eigenvalue weighted by atomic mass is 79.9. The molecule has 5 amide bonds. The van der Waals surface area contributed by atoms with Crippen LogP contribution in [0.5, 0.6) is 11.8 Å². The molecule has 0 aliphatic carbocycles. The number of nitrogens with one attached hydrogen (secondary N) is 8. The number of anilines is 2. The zero-order valence-corrected chi connectivity index (χ0v) is 92.0. The number of ether oxygens (including phenoxy) is 10. The molecule has 2 aliphatic rings. The van der Waals surface area contributed by atoms with Crippen molar-refractivity contribution in [3.05, 3.63) is 105 Å². The lowest BCUT2D eigenvalue weighted by Gasteiger charge is -2.42. The number of hydrazine groups is 1. The number of pyridine rings is 1. The third kappa shape index (κ3) is 88.2. The third-order valence-electron chi connectivity index (χ3n) is 15.8. The second-order valence-electron chi connectivity index (χ2n) is 34.7. The highest BCUT2D eigenvalue weighted by molar-refractivity contribution is 9.09. The minimum atomic E-state index is -1.19. The molecule has 1 aromatic carbocycles. The molecule has 143 heavy (non-hydrogen) atoms. The van der Waals surface area contributed by atoms with Crippen LogP contribution in [0.3, 0.4) is 0 Å². The number of nitrogens with zero attached hydrogens (tertiary/aromatic N) is 9. The van der Waals surface area contributed by atoms with Gasteiger partial charge in [0, 0.05) is 119 Å². The maximum absolute atomic E-state index is 13.4. The second kappa shape index (κ2) is 86.3. The molecular weight excluding hydrogens is 1990 g/mol. The molecule has 5 heterocycles. The Morgan fingerprint density at radius 1 is 0.573 bits per heavy atom. The highest BCUT2D eigenvalue weighted by Crippen LogP contribution is 2.20. The Bertz CT molecular complexity index is 4780. The van der Waals surface area contributed by atoms with Crippen molar-refractivity contribution in [2.75, 3.05) is 148 Å². The van der Waals surface area contributed by atoms with Crippen molar-refractivity contribution in [2.24, 2.45) is 22.4 Å². The van der Waals surface area contributed by atoms with E-state index in [9.17, 15) is 37.5 Å². The number of carbonyl (C=O) groups excluding carboxylic acids is 5. The number of aliphatic hydroxyl groups is 2. The fourth-order valence-electron chi connectivity index (χ4n) is 10.2. The zero-order chi connectivity index (χ0) is 107. The van der Waals surface area contributed by atoms with Crippen molar-refractivity contribution < 1.29 is 90.3 Å². The number of azide groups is 1. The molecule has 0 radical (unpaired) electrons. The van der Waals surface area contributed by atoms with Crippen LogP contribution in [0, 0.1) is 107 Å². The van der Waals surface area contributed by atoms with Crippen molar-refractivity contribution in [3.8, 4) is 107 Å². The monoisotopic (exact) mass is 2140 g/mol. The number of rotatable bonds is 30. The summed E-state index contributed by atoms with van der Waals surface area (Å²) < 4.78 is 82.0. The molecule has 0 bridgehead atoms. The van der Waals surface area contributed by atoms with E-state index in [1.165, 1.54) is 55.3 Å². The maximum Gasteiger partial charge on any atom is 0.408 e. The fraction of sp³-hybridized carbons (Fsp3) is 0.592. The summed E-state index contributed by atoms with van der Waals surface area (Å²) in [7, 11) is 0.687. The topological polar surface area (TPSA) is 518 Å². The number of hydrogen-bond acceptors (Lipinski definition) is 30. The molecule has 4 aromatic rings. The molecular formula is C98H155BrCl2F2N20O18Si2. The van der Waals surface area contributed by atoms with E-state index >= 15 is 0 Å². The van der Waals surface area contributed by atoms with Crippen LogP contribution >= 0.6 is 40.7 Å². The smallest absolute Gasteiger partial charge is 0.408 e. The number of halogens is 5. The Morgan fingerprint density at radius 2 is 0.972 bits per heavy atom. The summed E-state index contributed by atoms with van der Waals surface area (Å²) in [5.74, 6) is 45.8. The van der Waals surface area contributed by atoms with Gasteiger partial charge in [0.1, 0.15) is 44.4 Å². The number of terminal acetylenes is 1. The van der Waals surface area contributed by atoms with Gasteiger partial charge in [-0.05, 0) is 157 Å². The van der Waals surface area contributed by atoms with Crippen LogP contribution in [-0.4, -0.2) is 258 Å². The Labute approximate surface area is 868 Å². The molecule has 2 unspecified atom stereocenters. The molecule has 0 spiro atoms. The second-order valence-corrected chi connectivity index (χ2v) is 45.7. The Kier molecular flexibility index (Phi) is 84.6. The summed E-state index contributed by atoms with van der Waals surface area (Å²) in [4.78, 5) is 88.4. The predicted octanol–water partition coefficient (Wildman–Crippen LogP) is 12.7. The number of benzene rings is 1. The molecule has 798 valence electrons. The van der Waals surface area contributed by atoms with E-state index in [0.29, 0.717) is 107 Å². The maximum atomic E-state index is 13.4. The molecule has 2 saturated heterocycles. The first-order chi connectivity index (χ1) is 66.7. The number of hydrogen-bond donors (Lipinski definition) is 13. The summed E-state index contributed by atoms with van der Waals surface area (Å²) >= 11 is 3.30. The Balaban J connectivity index is -0.000000517. The standard InChI is InChI=1S/C23H21F2N5O3.C15H22N4O3.C10H16N4O2.C10H17NO3.C10H17NO2.C9H17N3O2.C9H21NSi2.C7H13BrO2.C5H9NO.2ClH/c1-33-20-9-12-28-23(29-20)27-11-4-2-3-10-26-21(31)17-6-5-13-30(22(17)32)15-16-7-8-18(24)19(25)14-16;1-15(2,3)22-14(20)18-10-7-5-6-9-16-13-17-11-8-12(19-13)21-4;1-10(2,3)16-9(15)12-7-5-4-6-8-13-14-11;1-10(2,3)14-9(13)11-7-5-4-6-8-12;11-7-3-1-4-8-12-10-6-2-5-9-13-10;1-9(2,3)14-8(13)11-6-4-5-7-12-10;1-8-9-10(11(2,3)4)12(5,6)7;8-4-6-10-7-3-1-2-5-9-7;6-4-2-1-3-5-7;;/h5-9,12-14H,4,10-11,15H2,1H3,(H,26,31)(H,27,28,29);8,11H,6,9-10H2,1-4H3,(H,18,20)(H,16,17,19);6-8H2,1-3H3,(H,12,15);12H,6-8H2,1-3H3,(H,11,13);10H,2,4-9,11H2;12H,6-7,10H2,1-3H3,(H,11,13);1H,9H2,2-7H3;7H,1-6H2;7H,3-6H2;2*1H. The number of amides is 5. The average molecular weight is 2150 g/mol. The van der Waals surface area contributed by atoms with Gasteiger partial charge in [-0.25, -0.2) is 43.4 Å². The van der Waals surface area contributed by atoms with Gasteiger partial charge in [0.2, 0.25) is 23.7 Å². The van der Waals surface area contributed by atoms with Crippen molar-refractivity contribution >= 4 is 99.4 Å². The first-order valence-corrected chi connectivity index (χ1v) is 53.7. The van der Waals surface area contributed by atoms with E-state index in [-0.39, 0.29) is 95.4 Å². The van der Waals surface area contributed by atoms with Gasteiger partial charge >= 0.3 is 24.4 Å². The van der Waals surface area contributed by atoms with Crippen LogP contribution in [0.4, 0.5) is 39.9 Å². The Hall–Kier alpha value is -11.2. The SMILES string of the molecule is BrCCOC1CCCCO1.C#CCN([Si](C)(C)C)[Si](C)(C)C.CC(C)(C)OC(=O)NCC#CCCN=[N+]=[N-].CC(C)(C)OC(=O)NCC#CCCO.CC(C)(C)OC(=O)NCC#CCNN.COc1ccnc(NCCC#CCNC(=O)OC(C)(C)C)n1.COc1ccnc(NCCC#CCNC(=O)c2cccn(Cc3ccc(F)c(F)c3)c2=O)n1.Cl.Cl.NCC#CCCO.NCC#CCCOC1CCCCO1. The highest BCUT2D eigenvalue weighted by Gasteiger charge is 2.33. The van der Waals surface area contributed by atoms with Crippen LogP contribution in [0.25, 0.3) is 10.4 Å². The molecule has 16 N–H and O–H groups in total. The lowest BCUT2D eigenvalue weighted by molar-refractivity contribution is -0.161. The van der Waals surface area contributed by atoms with Gasteiger partial charge in [0.05, 0.1) is 99.5 Å². The van der Waals surface area contributed by atoms with E-state index < -0.39 is 86.3 Å². The van der Waals surface area contributed by atoms with Crippen molar-refractivity contribution in [1.82, 2.24) is 60.7 Å². The van der Waals surface area contributed by atoms with Gasteiger partial charge in [0.25, 0.3) is 11.5 Å². The van der Waals surface area contributed by atoms with Crippen LogP contribution in [0.15, 0.2) is 71.0 Å². The first-order valence-electron chi connectivity index (χ1n) is 45.7. The number of methoxy groups -OCH3 is 2. The minimum absolute atomic E-state index is 0. The van der Waals surface area contributed by atoms with Gasteiger partial charge in [-0.15, -0.1) is 37.2 Å². The zero-order valence-electron chi connectivity index (χ0n) is 86.8. The van der Waals surface area contributed by atoms with Crippen LogP contribution in [0.2, 0.25) is 39.3 Å². The summed E-state index contributed by atoms with van der Waals surface area (Å²) in [6.07, 6.45) is 18.4. The lowest BCUT2D eigenvalue weighted by atomic mass is 10.2. The molecule has 2 aliphatic heterocycles. The summed E-state index contributed by atoms with van der Waals surface area (Å²) in [6, 6.07) is 9.62. The van der Waals surface area contributed by atoms with Gasteiger partial charge in [-0.3, -0.25) is 15.4 Å². The summed E-state index contributed by atoms with van der Waals surface area (Å²) in [5, 5.41) is 39.4. The van der Waals surface area contributed by atoms with E-state index in [1.807, 2.05) is 20.8 Å². The Morgan fingerprint density at radius 3 is 1.34 bits per heavy atom. The van der Waals surface area contributed by atoms with E-state index in [4.69, 9.17) is 86.8 Å². The normalized spacial score (nSPS) is 12.3. The first kappa shape index (κ1) is 140. The molecule has 38 nitrogen and oxygen atoms in total. The lowest BCUT2D eigenvalue weighted by Crippen LogP contribution is -2.59. The largest absolute Gasteiger partial charge is 0.481 e. The number of alkyl carbamates (subject to hydrolysis) is 4. The molecule has 6 rings (SSSR count). The van der Waals surface area contributed by atoms with Gasteiger partial charge < -0.3 is 115 Å². The summed E-state index contributed by atoms with van der Waals surface area (Å²) in [5.41, 5.74) is 18.4. The van der Waals surface area contributed by atoms with Crippen LogP contribution in [-0.2, 0) is 44.4 Å². The summed E-state index contributed by atoms with van der Waals surface area (Å²) in [6.45, 7) is 43.6. The van der Waals surface area contributed by atoms with Gasteiger partial charge in [-0.1, -0.05) is 149 Å². The number of carbonyl (C=O) groups is 5. The molecule has 45 heteroatoms. The quantitative estimate of drug-likeness (QED) is 0.00220. The van der Waals surface area contributed by atoms with Crippen molar-refractivity contribution in [2.45, 2.75) is 241 Å². The molecule has 0 saturated carbocycles. The number of nitrogens with two attached hydrogens (primary N) is 3. The number of alkyl halides is 1. The van der Waals surface area contributed by atoms with Crippen molar-refractivity contribution in [1.29, 1.82) is 0 Å². The third-order valence-corrected chi connectivity index (χ3v) is 23.7. The van der Waals surface area contributed by atoms with E-state index in [0.717, 1.165) is 69.5 Å². The number of aromatic nitrogens is 5. The average Bonchev–Trinajstić information content (AvgIpc) is 0.836. The van der Waals surface area contributed by atoms with Crippen LogP contribution in [0.1, 0.15) is 176 Å². The predicted molar refractivity (Wildman–Crippen MR) is 570 cm³/mol. The van der Waals surface area contributed by atoms with Gasteiger partial charge in [-0.2, -0.15) is 9.97 Å². The van der Waals surface area contributed by atoms with E-state index in [1.54, 1.807) is 93.9 Å². The van der Waals surface area contributed by atoms with Crippen molar-refractivity contribution in [3.63, 3.8) is 0 Å². The van der Waals surface area contributed by atoms with Gasteiger partial charge in [0.15, 0.2) is 24.2 Å². The van der Waals surface area contributed by atoms with Crippen LogP contribution < -0.4 is 75.0 Å². The minimum Gasteiger partial charge on any atom is -0.481 e. The van der Waals surface area contributed by atoms with E-state index in [2.05, 4.69) is 221 Å². The molecule has 2 fully saturated rings. The number of aliphatic hydroxyl groups excluding tert-OH is 2. The fourth-order valence-corrected chi connectivity index (χ4v) is 19.6. The molecule has 3 aromatic heterocycles. The molecule has 2 atom stereocenters.